The smallest absolute Gasteiger partial charge is 0.168 e. The molecule has 3 nitrogen and oxygen atoms in total. The van der Waals surface area contributed by atoms with Crippen molar-refractivity contribution in [1.82, 2.24) is 4.57 Å². The molecule has 0 saturated heterocycles. The fraction of sp³-hybridized carbons (Fsp3) is 0.143. The number of hydrogen-bond acceptors (Lipinski definition) is 2. The van der Waals surface area contributed by atoms with E-state index in [-0.39, 0.29) is 5.02 Å². The average Bonchev–Trinajstić information content (AvgIpc) is 2.26. The van der Waals surface area contributed by atoms with Gasteiger partial charge in [0.15, 0.2) is 12.6 Å². The third kappa shape index (κ3) is 1.19. The lowest BCUT2D eigenvalue weighted by Crippen LogP contribution is -1.91. The van der Waals surface area contributed by atoms with Crippen LogP contribution in [0.25, 0.3) is 0 Å². The number of rotatable bonds is 2. The van der Waals surface area contributed by atoms with Gasteiger partial charge in [0, 0.05) is 13.2 Å². The predicted octanol–water partition coefficient (Wildman–Crippen LogP) is 1.30. The number of aryl methyl sites for hydroxylation is 1. The topological polar surface area (TPSA) is 39.1 Å². The zero-order valence-electron chi connectivity index (χ0n) is 5.87. The van der Waals surface area contributed by atoms with Crippen LogP contribution in [0.3, 0.4) is 0 Å². The molecule has 0 aromatic carbocycles. The molecule has 4 heteroatoms. The number of hydrogen-bond donors (Lipinski definition) is 0. The lowest BCUT2D eigenvalue weighted by Gasteiger charge is -1.90. The van der Waals surface area contributed by atoms with Gasteiger partial charge in [-0.1, -0.05) is 11.6 Å². The van der Waals surface area contributed by atoms with Crippen molar-refractivity contribution in [3.63, 3.8) is 0 Å². The number of nitrogens with zero attached hydrogens (tertiary/aromatic N) is 1. The molecule has 0 bridgehead atoms. The van der Waals surface area contributed by atoms with E-state index in [9.17, 15) is 9.59 Å². The zero-order chi connectivity index (χ0) is 8.43. The van der Waals surface area contributed by atoms with Crippen LogP contribution in [-0.2, 0) is 7.05 Å². The summed E-state index contributed by atoms with van der Waals surface area (Å²) < 4.78 is 1.51. The van der Waals surface area contributed by atoms with Crippen LogP contribution < -0.4 is 0 Å². The Morgan fingerprint density at radius 2 is 2.09 bits per heavy atom. The van der Waals surface area contributed by atoms with E-state index in [0.717, 1.165) is 0 Å². The molecule has 0 unspecified atom stereocenters. The Balaban J connectivity index is 3.35. The van der Waals surface area contributed by atoms with E-state index < -0.39 is 0 Å². The van der Waals surface area contributed by atoms with Gasteiger partial charge >= 0.3 is 0 Å². The van der Waals surface area contributed by atoms with E-state index in [4.69, 9.17) is 11.6 Å². The van der Waals surface area contributed by atoms with E-state index in [1.54, 1.807) is 7.05 Å². The van der Waals surface area contributed by atoms with Gasteiger partial charge in [0.05, 0.1) is 10.6 Å². The zero-order valence-corrected chi connectivity index (χ0v) is 6.63. The highest BCUT2D eigenvalue weighted by atomic mass is 35.5. The molecule has 0 aliphatic rings. The Hall–Kier alpha value is -1.09. The summed E-state index contributed by atoms with van der Waals surface area (Å²) in [6.45, 7) is 0. The van der Waals surface area contributed by atoms with Gasteiger partial charge in [-0.05, 0) is 0 Å². The Morgan fingerprint density at radius 1 is 1.45 bits per heavy atom. The molecule has 0 aliphatic heterocycles. The molecule has 0 radical (unpaired) electrons. The van der Waals surface area contributed by atoms with Crippen molar-refractivity contribution < 1.29 is 9.59 Å². The maximum absolute atomic E-state index is 10.4. The first kappa shape index (κ1) is 8.01. The summed E-state index contributed by atoms with van der Waals surface area (Å²) >= 11 is 5.65. The van der Waals surface area contributed by atoms with Crippen LogP contribution in [0.4, 0.5) is 0 Å². The summed E-state index contributed by atoms with van der Waals surface area (Å²) in [6, 6.07) is 0. The number of carbonyl (C=O) groups is 2. The second kappa shape index (κ2) is 2.88. The van der Waals surface area contributed by atoms with Gasteiger partial charge in [-0.2, -0.15) is 0 Å². The monoisotopic (exact) mass is 171 g/mol. The number of halogens is 1. The molecule has 0 aliphatic carbocycles. The van der Waals surface area contributed by atoms with Gasteiger partial charge < -0.3 is 4.57 Å². The SMILES string of the molecule is Cn1cc(C=O)c(Cl)c1C=O. The molecule has 1 aromatic rings. The Bertz CT molecular complexity index is 304. The van der Waals surface area contributed by atoms with Crippen molar-refractivity contribution in [3.05, 3.63) is 22.5 Å². The molecular weight excluding hydrogens is 166 g/mol. The highest BCUT2D eigenvalue weighted by Gasteiger charge is 2.09. The normalized spacial score (nSPS) is 9.64. The third-order valence-electron chi connectivity index (χ3n) is 1.43. The summed E-state index contributed by atoms with van der Waals surface area (Å²) in [5.74, 6) is 0. The predicted molar refractivity (Wildman–Crippen MR) is 41.2 cm³/mol. The molecule has 58 valence electrons. The second-order valence-electron chi connectivity index (χ2n) is 2.13. The summed E-state index contributed by atoms with van der Waals surface area (Å²) in [7, 11) is 1.66. The summed E-state index contributed by atoms with van der Waals surface area (Å²) in [4.78, 5) is 20.7. The molecule has 0 spiro atoms. The van der Waals surface area contributed by atoms with Crippen LogP contribution in [0.2, 0.25) is 5.02 Å². The Labute approximate surface area is 68.6 Å². The molecule has 1 rings (SSSR count). The van der Waals surface area contributed by atoms with E-state index in [2.05, 4.69) is 0 Å². The van der Waals surface area contributed by atoms with Crippen molar-refractivity contribution in [3.8, 4) is 0 Å². The molecule has 1 heterocycles. The van der Waals surface area contributed by atoms with E-state index in [1.165, 1.54) is 10.8 Å². The van der Waals surface area contributed by atoms with Crippen LogP contribution in [0, 0.1) is 0 Å². The maximum atomic E-state index is 10.4. The van der Waals surface area contributed by atoms with Gasteiger partial charge in [0.25, 0.3) is 0 Å². The molecule has 0 atom stereocenters. The van der Waals surface area contributed by atoms with E-state index >= 15 is 0 Å². The number of carbonyl (C=O) groups excluding carboxylic acids is 2. The first-order valence-electron chi connectivity index (χ1n) is 2.96. The lowest BCUT2D eigenvalue weighted by molar-refractivity contribution is 0.111. The van der Waals surface area contributed by atoms with Gasteiger partial charge in [-0.3, -0.25) is 9.59 Å². The molecule has 0 saturated carbocycles. The Kier molecular flexibility index (Phi) is 2.10. The van der Waals surface area contributed by atoms with E-state index in [0.29, 0.717) is 23.8 Å². The quantitative estimate of drug-likeness (QED) is 0.630. The Morgan fingerprint density at radius 3 is 2.36 bits per heavy atom. The number of aldehydes is 2. The van der Waals surface area contributed by atoms with Gasteiger partial charge in [-0.25, -0.2) is 0 Å². The molecule has 0 amide bonds. The molecular formula is C7H6ClNO2. The number of aromatic nitrogens is 1. The third-order valence-corrected chi connectivity index (χ3v) is 1.84. The molecule has 1 aromatic heterocycles. The first-order chi connectivity index (χ1) is 5.20. The minimum Gasteiger partial charge on any atom is -0.346 e. The van der Waals surface area contributed by atoms with Crippen LogP contribution in [0.5, 0.6) is 0 Å². The largest absolute Gasteiger partial charge is 0.346 e. The fourth-order valence-electron chi connectivity index (χ4n) is 0.855. The summed E-state index contributed by atoms with van der Waals surface area (Å²) in [5, 5.41) is 0.220. The summed E-state index contributed by atoms with van der Waals surface area (Å²) in [6.07, 6.45) is 2.75. The molecule has 11 heavy (non-hydrogen) atoms. The summed E-state index contributed by atoms with van der Waals surface area (Å²) in [5.41, 5.74) is 0.671. The maximum Gasteiger partial charge on any atom is 0.168 e. The fourth-order valence-corrected chi connectivity index (χ4v) is 1.13. The van der Waals surface area contributed by atoms with Crippen LogP contribution in [-0.4, -0.2) is 17.1 Å². The van der Waals surface area contributed by atoms with Gasteiger partial charge in [0.2, 0.25) is 0 Å². The van der Waals surface area contributed by atoms with Crippen LogP contribution in [0.1, 0.15) is 20.8 Å². The van der Waals surface area contributed by atoms with Gasteiger partial charge in [0.1, 0.15) is 5.69 Å². The molecule has 0 N–H and O–H groups in total. The van der Waals surface area contributed by atoms with Crippen molar-refractivity contribution in [1.29, 1.82) is 0 Å². The van der Waals surface area contributed by atoms with Crippen molar-refractivity contribution >= 4 is 24.2 Å². The second-order valence-corrected chi connectivity index (χ2v) is 2.51. The lowest BCUT2D eigenvalue weighted by atomic mass is 10.3. The van der Waals surface area contributed by atoms with Crippen molar-refractivity contribution in [2.75, 3.05) is 0 Å². The standard InChI is InChI=1S/C7H6ClNO2/c1-9-2-5(3-10)7(8)6(9)4-11/h2-4H,1H3. The molecule has 0 fully saturated rings. The van der Waals surface area contributed by atoms with Crippen molar-refractivity contribution in [2.45, 2.75) is 0 Å². The average molecular weight is 172 g/mol. The van der Waals surface area contributed by atoms with Crippen LogP contribution in [0.15, 0.2) is 6.20 Å². The highest BCUT2D eigenvalue weighted by molar-refractivity contribution is 6.35. The van der Waals surface area contributed by atoms with Gasteiger partial charge in [-0.15, -0.1) is 0 Å². The highest BCUT2D eigenvalue weighted by Crippen LogP contribution is 2.19. The minimum absolute atomic E-state index is 0.220. The first-order valence-corrected chi connectivity index (χ1v) is 3.33. The van der Waals surface area contributed by atoms with E-state index in [1.807, 2.05) is 0 Å². The van der Waals surface area contributed by atoms with Crippen molar-refractivity contribution in [2.24, 2.45) is 7.05 Å². The minimum atomic E-state index is 0.220. The van der Waals surface area contributed by atoms with Crippen LogP contribution >= 0.6 is 11.6 Å².